The number of aryl methyl sites for hydroxylation is 1. The van der Waals surface area contributed by atoms with Crippen molar-refractivity contribution in [1.82, 2.24) is 4.98 Å². The molecule has 2 aromatic heterocycles. The Morgan fingerprint density at radius 2 is 1.74 bits per heavy atom. The van der Waals surface area contributed by atoms with Crippen LogP contribution in [-0.2, 0) is 0 Å². The van der Waals surface area contributed by atoms with Crippen molar-refractivity contribution < 1.29 is 4.42 Å². The van der Waals surface area contributed by atoms with Gasteiger partial charge in [0.1, 0.15) is 5.76 Å². The van der Waals surface area contributed by atoms with Crippen LogP contribution in [-0.4, -0.2) is 4.98 Å². The molecule has 0 unspecified atom stereocenters. The SMILES string of the molecule is CC.CC/C=C\c1oc2c(ccc3c4ccccc4[nH]c32)c1C. The van der Waals surface area contributed by atoms with Crippen molar-refractivity contribution in [3.05, 3.63) is 53.8 Å². The Labute approximate surface area is 136 Å². The van der Waals surface area contributed by atoms with Crippen LogP contribution in [0.2, 0.25) is 0 Å². The number of aromatic amines is 1. The highest BCUT2D eigenvalue weighted by Crippen LogP contribution is 2.35. The molecule has 2 heteroatoms. The Balaban J connectivity index is 0.000000753. The molecule has 2 nitrogen and oxygen atoms in total. The van der Waals surface area contributed by atoms with E-state index in [1.54, 1.807) is 0 Å². The van der Waals surface area contributed by atoms with E-state index in [1.807, 2.05) is 13.8 Å². The number of hydrogen-bond acceptors (Lipinski definition) is 1. The molecule has 0 amide bonds. The lowest BCUT2D eigenvalue weighted by atomic mass is 10.1. The highest BCUT2D eigenvalue weighted by Gasteiger charge is 2.14. The molecule has 4 rings (SSSR count). The Bertz CT molecular complexity index is 985. The number of H-pyrrole nitrogens is 1. The first-order chi connectivity index (χ1) is 11.3. The van der Waals surface area contributed by atoms with Gasteiger partial charge in [-0.05, 0) is 25.5 Å². The summed E-state index contributed by atoms with van der Waals surface area (Å²) < 4.78 is 6.13. The molecule has 2 aromatic carbocycles. The predicted molar refractivity (Wildman–Crippen MR) is 101 cm³/mol. The predicted octanol–water partition coefficient (Wildman–Crippen LogP) is 6.83. The van der Waals surface area contributed by atoms with Gasteiger partial charge in [-0.25, -0.2) is 0 Å². The minimum Gasteiger partial charge on any atom is -0.454 e. The highest BCUT2D eigenvalue weighted by atomic mass is 16.3. The van der Waals surface area contributed by atoms with Crippen LogP contribution >= 0.6 is 0 Å². The third kappa shape index (κ3) is 2.44. The van der Waals surface area contributed by atoms with E-state index < -0.39 is 0 Å². The molecular formula is C21H23NO. The molecule has 0 spiro atoms. The van der Waals surface area contributed by atoms with E-state index in [0.29, 0.717) is 0 Å². The minimum atomic E-state index is 0.956. The Hall–Kier alpha value is -2.48. The lowest BCUT2D eigenvalue weighted by Crippen LogP contribution is -1.72. The number of allylic oxidation sites excluding steroid dienone is 1. The molecule has 0 saturated heterocycles. The van der Waals surface area contributed by atoms with Crippen LogP contribution in [0.3, 0.4) is 0 Å². The monoisotopic (exact) mass is 305 g/mol. The van der Waals surface area contributed by atoms with Crippen LogP contribution < -0.4 is 0 Å². The number of rotatable bonds is 2. The molecule has 23 heavy (non-hydrogen) atoms. The molecule has 0 radical (unpaired) electrons. The topological polar surface area (TPSA) is 28.9 Å². The van der Waals surface area contributed by atoms with Crippen LogP contribution in [0.5, 0.6) is 0 Å². The van der Waals surface area contributed by atoms with Gasteiger partial charge in [0.2, 0.25) is 0 Å². The molecule has 0 aliphatic rings. The van der Waals surface area contributed by atoms with Crippen LogP contribution in [0.1, 0.15) is 38.5 Å². The molecule has 0 fully saturated rings. The standard InChI is InChI=1S/C19H17NO.C2H6/c1-3-4-9-17-12(2)13-10-11-15-14-7-5-6-8-16(14)20-18(15)19(13)21-17;1-2/h4-11,20H,3H2,1-2H3;1-2H3/b9-4-;. The summed E-state index contributed by atoms with van der Waals surface area (Å²) in [5.41, 5.74) is 4.40. The zero-order chi connectivity index (χ0) is 16.4. The first kappa shape index (κ1) is 15.4. The number of para-hydroxylation sites is 1. The van der Waals surface area contributed by atoms with Gasteiger partial charge < -0.3 is 9.40 Å². The van der Waals surface area contributed by atoms with Crippen LogP contribution in [0.25, 0.3) is 38.9 Å². The summed E-state index contributed by atoms with van der Waals surface area (Å²) in [6.07, 6.45) is 5.22. The van der Waals surface area contributed by atoms with Crippen molar-refractivity contribution in [2.24, 2.45) is 0 Å². The van der Waals surface area contributed by atoms with Gasteiger partial charge in [-0.15, -0.1) is 0 Å². The van der Waals surface area contributed by atoms with Gasteiger partial charge in [0.05, 0.1) is 5.52 Å². The summed E-state index contributed by atoms with van der Waals surface area (Å²) in [6, 6.07) is 12.7. The molecule has 0 saturated carbocycles. The minimum absolute atomic E-state index is 0.956. The van der Waals surface area contributed by atoms with Crippen LogP contribution in [0.4, 0.5) is 0 Å². The molecule has 0 bridgehead atoms. The molecule has 2 heterocycles. The fourth-order valence-electron chi connectivity index (χ4n) is 3.00. The second-order valence-electron chi connectivity index (χ2n) is 5.44. The zero-order valence-electron chi connectivity index (χ0n) is 14.2. The number of hydrogen-bond donors (Lipinski definition) is 1. The average Bonchev–Trinajstić information content (AvgIpc) is 3.13. The smallest absolute Gasteiger partial charge is 0.159 e. The lowest BCUT2D eigenvalue weighted by Gasteiger charge is -1.92. The summed E-state index contributed by atoms with van der Waals surface area (Å²) in [4.78, 5) is 3.50. The van der Waals surface area contributed by atoms with Gasteiger partial charge in [0.25, 0.3) is 0 Å². The first-order valence-electron chi connectivity index (χ1n) is 8.38. The van der Waals surface area contributed by atoms with E-state index in [9.17, 15) is 0 Å². The van der Waals surface area contributed by atoms with E-state index in [-0.39, 0.29) is 0 Å². The first-order valence-corrected chi connectivity index (χ1v) is 8.38. The largest absolute Gasteiger partial charge is 0.454 e. The quantitative estimate of drug-likeness (QED) is 0.432. The summed E-state index contributed by atoms with van der Waals surface area (Å²) >= 11 is 0. The summed E-state index contributed by atoms with van der Waals surface area (Å²) in [5.74, 6) is 0.956. The van der Waals surface area contributed by atoms with E-state index in [1.165, 1.54) is 21.7 Å². The normalized spacial score (nSPS) is 11.5. The van der Waals surface area contributed by atoms with E-state index in [4.69, 9.17) is 4.42 Å². The highest BCUT2D eigenvalue weighted by molar-refractivity contribution is 6.16. The van der Waals surface area contributed by atoms with Gasteiger partial charge in [-0.2, -0.15) is 0 Å². The number of aromatic nitrogens is 1. The fourth-order valence-corrected chi connectivity index (χ4v) is 3.00. The molecule has 1 N–H and O–H groups in total. The van der Waals surface area contributed by atoms with Gasteiger partial charge in [-0.3, -0.25) is 0 Å². The van der Waals surface area contributed by atoms with E-state index in [2.05, 4.69) is 67.4 Å². The molecule has 0 atom stereocenters. The molecule has 4 aromatic rings. The summed E-state index contributed by atoms with van der Waals surface area (Å²) in [5, 5.41) is 3.65. The van der Waals surface area contributed by atoms with E-state index >= 15 is 0 Å². The Kier molecular flexibility index (Phi) is 4.24. The van der Waals surface area contributed by atoms with Crippen molar-refractivity contribution in [2.45, 2.75) is 34.1 Å². The number of benzene rings is 2. The maximum atomic E-state index is 6.13. The summed E-state index contributed by atoms with van der Waals surface area (Å²) in [7, 11) is 0. The maximum Gasteiger partial charge on any atom is 0.159 e. The van der Waals surface area contributed by atoms with Crippen molar-refractivity contribution >= 4 is 38.9 Å². The number of fused-ring (bicyclic) bond motifs is 5. The zero-order valence-corrected chi connectivity index (χ0v) is 14.2. The van der Waals surface area contributed by atoms with Crippen molar-refractivity contribution in [3.8, 4) is 0 Å². The van der Waals surface area contributed by atoms with Crippen molar-refractivity contribution in [1.29, 1.82) is 0 Å². The number of nitrogens with one attached hydrogen (secondary N) is 1. The van der Waals surface area contributed by atoms with Crippen LogP contribution in [0.15, 0.2) is 46.9 Å². The van der Waals surface area contributed by atoms with Gasteiger partial charge in [0, 0.05) is 27.2 Å². The van der Waals surface area contributed by atoms with Crippen LogP contribution in [0, 0.1) is 6.92 Å². The average molecular weight is 305 g/mol. The van der Waals surface area contributed by atoms with Crippen molar-refractivity contribution in [2.75, 3.05) is 0 Å². The maximum absolute atomic E-state index is 6.13. The third-order valence-corrected chi connectivity index (χ3v) is 4.13. The van der Waals surface area contributed by atoms with Crippen molar-refractivity contribution in [3.63, 3.8) is 0 Å². The Morgan fingerprint density at radius 1 is 1.00 bits per heavy atom. The third-order valence-electron chi connectivity index (χ3n) is 4.13. The number of furan rings is 1. The molecule has 0 aliphatic carbocycles. The fraction of sp³-hybridized carbons (Fsp3) is 0.238. The molecule has 0 aliphatic heterocycles. The van der Waals surface area contributed by atoms with Gasteiger partial charge >= 0.3 is 0 Å². The van der Waals surface area contributed by atoms with Gasteiger partial charge in [0.15, 0.2) is 5.58 Å². The van der Waals surface area contributed by atoms with Gasteiger partial charge in [-0.1, -0.05) is 57.2 Å². The molecular weight excluding hydrogens is 282 g/mol. The molecule has 118 valence electrons. The van der Waals surface area contributed by atoms with E-state index in [0.717, 1.165) is 28.8 Å². The second kappa shape index (κ2) is 6.33. The lowest BCUT2D eigenvalue weighted by molar-refractivity contribution is 0.603. The summed E-state index contributed by atoms with van der Waals surface area (Å²) in [6.45, 7) is 8.25. The second-order valence-corrected chi connectivity index (χ2v) is 5.44. The Morgan fingerprint density at radius 3 is 2.52 bits per heavy atom.